The summed E-state index contributed by atoms with van der Waals surface area (Å²) in [6.45, 7) is 3.30. The summed E-state index contributed by atoms with van der Waals surface area (Å²) in [5.74, 6) is 2.38. The van der Waals surface area contributed by atoms with Gasteiger partial charge in [0.25, 0.3) is 0 Å². The van der Waals surface area contributed by atoms with Gasteiger partial charge >= 0.3 is 0 Å². The molecular weight excluding hydrogens is 372 g/mol. The highest BCUT2D eigenvalue weighted by Crippen LogP contribution is 2.39. The van der Waals surface area contributed by atoms with Crippen molar-refractivity contribution in [1.82, 2.24) is 4.90 Å². The Morgan fingerprint density at radius 2 is 1.79 bits per heavy atom. The van der Waals surface area contributed by atoms with Crippen LogP contribution in [0, 0.1) is 0 Å². The second kappa shape index (κ2) is 7.59. The maximum Gasteiger partial charge on any atom is 0.233 e. The molecule has 0 aliphatic carbocycles. The molecule has 5 rings (SSSR count). The lowest BCUT2D eigenvalue weighted by Gasteiger charge is -2.25. The molecule has 1 unspecified atom stereocenters. The molecule has 0 radical (unpaired) electrons. The van der Waals surface area contributed by atoms with E-state index in [9.17, 15) is 4.79 Å². The van der Waals surface area contributed by atoms with E-state index in [4.69, 9.17) is 9.47 Å². The number of ether oxygens (including phenoxy) is 2. The minimum absolute atomic E-state index is 0.106. The Morgan fingerprint density at radius 1 is 1.00 bits per heavy atom. The van der Waals surface area contributed by atoms with Gasteiger partial charge in [0.05, 0.1) is 5.75 Å². The van der Waals surface area contributed by atoms with E-state index in [1.807, 2.05) is 17.0 Å². The van der Waals surface area contributed by atoms with E-state index in [1.54, 1.807) is 11.8 Å². The summed E-state index contributed by atoms with van der Waals surface area (Å²) in [6, 6.07) is 14.8. The SMILES string of the molecule is O=C1CSC(c2ccc(N3CCCC3)cc2)N1CCc1ccc2c(c1)OCO2. The highest BCUT2D eigenvalue weighted by atomic mass is 32.2. The number of anilines is 1. The van der Waals surface area contributed by atoms with Gasteiger partial charge in [-0.3, -0.25) is 4.79 Å². The maximum absolute atomic E-state index is 12.5. The molecule has 28 heavy (non-hydrogen) atoms. The summed E-state index contributed by atoms with van der Waals surface area (Å²) >= 11 is 1.72. The lowest BCUT2D eigenvalue weighted by molar-refractivity contribution is -0.128. The van der Waals surface area contributed by atoms with Gasteiger partial charge in [0.1, 0.15) is 5.37 Å². The molecule has 2 aromatic carbocycles. The summed E-state index contributed by atoms with van der Waals surface area (Å²) in [6.07, 6.45) is 3.37. The standard InChI is InChI=1S/C22H24N2O3S/c25-21-14-28-22(17-4-6-18(7-5-17)23-10-1-2-11-23)24(21)12-9-16-3-8-19-20(13-16)27-15-26-19/h3-8,13,22H,1-2,9-12,14-15H2. The van der Waals surface area contributed by atoms with Gasteiger partial charge in [-0.05, 0) is 54.7 Å². The number of carbonyl (C=O) groups is 1. The molecule has 2 aromatic rings. The van der Waals surface area contributed by atoms with Gasteiger partial charge in [0.15, 0.2) is 11.5 Å². The predicted molar refractivity (Wildman–Crippen MR) is 111 cm³/mol. The van der Waals surface area contributed by atoms with Crippen LogP contribution in [0.3, 0.4) is 0 Å². The van der Waals surface area contributed by atoms with Crippen LogP contribution in [0.5, 0.6) is 11.5 Å². The zero-order valence-corrected chi connectivity index (χ0v) is 16.6. The number of amides is 1. The third-order valence-electron chi connectivity index (χ3n) is 5.70. The largest absolute Gasteiger partial charge is 0.454 e. The maximum atomic E-state index is 12.5. The molecule has 3 aliphatic heterocycles. The van der Waals surface area contributed by atoms with Gasteiger partial charge in [0, 0.05) is 25.3 Å². The van der Waals surface area contributed by atoms with Crippen molar-refractivity contribution in [3.63, 3.8) is 0 Å². The summed E-state index contributed by atoms with van der Waals surface area (Å²) in [7, 11) is 0. The average Bonchev–Trinajstić information content (AvgIpc) is 3.47. The van der Waals surface area contributed by atoms with Gasteiger partial charge in [-0.1, -0.05) is 18.2 Å². The minimum Gasteiger partial charge on any atom is -0.454 e. The summed E-state index contributed by atoms with van der Waals surface area (Å²) in [4.78, 5) is 16.9. The minimum atomic E-state index is 0.106. The Kier molecular flexibility index (Phi) is 4.81. The van der Waals surface area contributed by atoms with E-state index in [1.165, 1.54) is 24.1 Å². The summed E-state index contributed by atoms with van der Waals surface area (Å²) in [5, 5.41) is 0.106. The molecule has 1 atom stereocenters. The van der Waals surface area contributed by atoms with Crippen molar-refractivity contribution in [2.45, 2.75) is 24.6 Å². The van der Waals surface area contributed by atoms with E-state index in [-0.39, 0.29) is 18.1 Å². The van der Waals surface area contributed by atoms with Crippen LogP contribution >= 0.6 is 11.8 Å². The Bertz CT molecular complexity index is 865. The van der Waals surface area contributed by atoms with Crippen molar-refractivity contribution in [2.75, 3.05) is 37.1 Å². The molecule has 0 bridgehead atoms. The molecule has 0 saturated carbocycles. The molecule has 0 N–H and O–H groups in total. The lowest BCUT2D eigenvalue weighted by Crippen LogP contribution is -2.30. The van der Waals surface area contributed by atoms with Crippen LogP contribution in [0.25, 0.3) is 0 Å². The first kappa shape index (κ1) is 17.7. The molecule has 146 valence electrons. The van der Waals surface area contributed by atoms with E-state index >= 15 is 0 Å². The van der Waals surface area contributed by atoms with E-state index in [2.05, 4.69) is 35.2 Å². The second-order valence-electron chi connectivity index (χ2n) is 7.47. The first-order chi connectivity index (χ1) is 13.8. The van der Waals surface area contributed by atoms with Crippen LogP contribution in [0.15, 0.2) is 42.5 Å². The fraction of sp³-hybridized carbons (Fsp3) is 0.409. The van der Waals surface area contributed by atoms with Crippen LogP contribution in [-0.2, 0) is 11.2 Å². The number of rotatable bonds is 5. The molecule has 3 heterocycles. The van der Waals surface area contributed by atoms with E-state index in [0.717, 1.165) is 36.6 Å². The highest BCUT2D eigenvalue weighted by Gasteiger charge is 2.32. The number of thioether (sulfide) groups is 1. The number of benzene rings is 2. The summed E-state index contributed by atoms with van der Waals surface area (Å²) in [5.41, 5.74) is 3.67. The van der Waals surface area contributed by atoms with E-state index in [0.29, 0.717) is 12.3 Å². The summed E-state index contributed by atoms with van der Waals surface area (Å²) < 4.78 is 10.8. The number of fused-ring (bicyclic) bond motifs is 1. The Morgan fingerprint density at radius 3 is 2.61 bits per heavy atom. The molecule has 6 heteroatoms. The van der Waals surface area contributed by atoms with Crippen LogP contribution < -0.4 is 14.4 Å². The van der Waals surface area contributed by atoms with Gasteiger partial charge in [-0.15, -0.1) is 11.8 Å². The van der Waals surface area contributed by atoms with Gasteiger partial charge in [-0.2, -0.15) is 0 Å². The van der Waals surface area contributed by atoms with Crippen molar-refractivity contribution < 1.29 is 14.3 Å². The van der Waals surface area contributed by atoms with Crippen molar-refractivity contribution >= 4 is 23.4 Å². The normalized spacial score (nSPS) is 21.0. The molecular formula is C22H24N2O3S. The van der Waals surface area contributed by atoms with Crippen LogP contribution in [0.4, 0.5) is 5.69 Å². The number of nitrogens with zero attached hydrogens (tertiary/aromatic N) is 2. The molecule has 0 aromatic heterocycles. The molecule has 2 fully saturated rings. The third-order valence-corrected chi connectivity index (χ3v) is 6.95. The topological polar surface area (TPSA) is 42.0 Å². The number of hydrogen-bond donors (Lipinski definition) is 0. The Labute approximate surface area is 169 Å². The Hall–Kier alpha value is -2.34. The van der Waals surface area contributed by atoms with Crippen molar-refractivity contribution in [1.29, 1.82) is 0 Å². The molecule has 5 nitrogen and oxygen atoms in total. The van der Waals surface area contributed by atoms with Gasteiger partial charge < -0.3 is 19.3 Å². The zero-order chi connectivity index (χ0) is 18.9. The first-order valence-corrected chi connectivity index (χ1v) is 11.0. The van der Waals surface area contributed by atoms with Crippen LogP contribution in [-0.4, -0.2) is 43.0 Å². The van der Waals surface area contributed by atoms with Crippen molar-refractivity contribution in [2.24, 2.45) is 0 Å². The molecule has 0 spiro atoms. The van der Waals surface area contributed by atoms with Gasteiger partial charge in [0.2, 0.25) is 12.7 Å². The fourth-order valence-corrected chi connectivity index (χ4v) is 5.36. The van der Waals surface area contributed by atoms with Crippen LogP contribution in [0.1, 0.15) is 29.3 Å². The number of carbonyl (C=O) groups excluding carboxylic acids is 1. The molecule has 3 aliphatic rings. The third kappa shape index (κ3) is 3.41. The van der Waals surface area contributed by atoms with Crippen LogP contribution in [0.2, 0.25) is 0 Å². The monoisotopic (exact) mass is 396 g/mol. The fourth-order valence-electron chi connectivity index (χ4n) is 4.14. The van der Waals surface area contributed by atoms with E-state index < -0.39 is 0 Å². The van der Waals surface area contributed by atoms with Gasteiger partial charge in [-0.25, -0.2) is 0 Å². The molecule has 2 saturated heterocycles. The lowest BCUT2D eigenvalue weighted by atomic mass is 10.1. The first-order valence-electron chi connectivity index (χ1n) is 9.92. The van der Waals surface area contributed by atoms with Crippen molar-refractivity contribution in [3.05, 3.63) is 53.6 Å². The average molecular weight is 397 g/mol. The predicted octanol–water partition coefficient (Wildman–Crippen LogP) is 3.83. The molecule has 1 amide bonds. The number of hydrogen-bond acceptors (Lipinski definition) is 5. The second-order valence-corrected chi connectivity index (χ2v) is 8.54. The Balaban J connectivity index is 1.27. The van der Waals surface area contributed by atoms with Crippen molar-refractivity contribution in [3.8, 4) is 11.5 Å². The highest BCUT2D eigenvalue weighted by molar-refractivity contribution is 8.00. The zero-order valence-electron chi connectivity index (χ0n) is 15.8. The smallest absolute Gasteiger partial charge is 0.233 e. The quantitative estimate of drug-likeness (QED) is 0.768.